The van der Waals surface area contributed by atoms with Gasteiger partial charge in [-0.2, -0.15) is 0 Å². The predicted octanol–water partition coefficient (Wildman–Crippen LogP) is -3.01. The molecule has 0 bridgehead atoms. The van der Waals surface area contributed by atoms with Crippen LogP contribution in [0.1, 0.15) is 0 Å². The Hall–Kier alpha value is -0.690. The second-order valence-electron chi connectivity index (χ2n) is 2.59. The SMILES string of the molecule is O=C1O[C@@H]([C@H](O)CO)[C@H](O)C1O. The molecule has 1 rings (SSSR count). The molecule has 0 saturated carbocycles. The summed E-state index contributed by atoms with van der Waals surface area (Å²) in [5, 5.41) is 35.3. The van der Waals surface area contributed by atoms with Crippen LogP contribution in [-0.2, 0) is 9.53 Å². The number of ether oxygens (including phenoxy) is 1. The van der Waals surface area contributed by atoms with Crippen molar-refractivity contribution in [3.05, 3.63) is 0 Å². The van der Waals surface area contributed by atoms with Crippen LogP contribution in [0.15, 0.2) is 0 Å². The van der Waals surface area contributed by atoms with E-state index in [-0.39, 0.29) is 0 Å². The molecule has 0 radical (unpaired) electrons. The highest BCUT2D eigenvalue weighted by Gasteiger charge is 2.45. The molecule has 6 heteroatoms. The van der Waals surface area contributed by atoms with Crippen molar-refractivity contribution in [2.45, 2.75) is 24.4 Å². The minimum atomic E-state index is -1.63. The van der Waals surface area contributed by atoms with Gasteiger partial charge in [0.1, 0.15) is 12.2 Å². The lowest BCUT2D eigenvalue weighted by atomic mass is 10.1. The largest absolute Gasteiger partial charge is 0.455 e. The van der Waals surface area contributed by atoms with Gasteiger partial charge in [0.25, 0.3) is 0 Å². The molecule has 0 amide bonds. The summed E-state index contributed by atoms with van der Waals surface area (Å²) >= 11 is 0. The number of rotatable bonds is 2. The fourth-order valence-corrected chi connectivity index (χ4v) is 1.00. The first-order chi connectivity index (χ1) is 5.57. The van der Waals surface area contributed by atoms with E-state index in [4.69, 9.17) is 20.4 Å². The van der Waals surface area contributed by atoms with E-state index in [0.717, 1.165) is 0 Å². The van der Waals surface area contributed by atoms with Crippen LogP contribution in [-0.4, -0.2) is 57.4 Å². The molecule has 1 saturated heterocycles. The van der Waals surface area contributed by atoms with Crippen LogP contribution in [0.25, 0.3) is 0 Å². The maximum Gasteiger partial charge on any atom is 0.338 e. The fraction of sp³-hybridized carbons (Fsp3) is 0.833. The third-order valence-electron chi connectivity index (χ3n) is 1.72. The normalized spacial score (nSPS) is 38.0. The van der Waals surface area contributed by atoms with Gasteiger partial charge in [-0.1, -0.05) is 0 Å². The fourth-order valence-electron chi connectivity index (χ4n) is 1.00. The number of esters is 1. The second-order valence-corrected chi connectivity index (χ2v) is 2.59. The van der Waals surface area contributed by atoms with Gasteiger partial charge in [0.05, 0.1) is 6.61 Å². The number of aliphatic hydroxyl groups excluding tert-OH is 4. The molecule has 1 unspecified atom stereocenters. The van der Waals surface area contributed by atoms with Gasteiger partial charge in [-0.25, -0.2) is 4.79 Å². The zero-order chi connectivity index (χ0) is 9.30. The highest BCUT2D eigenvalue weighted by Crippen LogP contribution is 2.18. The van der Waals surface area contributed by atoms with Crippen LogP contribution in [0.4, 0.5) is 0 Å². The van der Waals surface area contributed by atoms with Crippen LogP contribution >= 0.6 is 0 Å². The lowest BCUT2D eigenvalue weighted by Gasteiger charge is -2.17. The minimum absolute atomic E-state index is 0.637. The van der Waals surface area contributed by atoms with Crippen molar-refractivity contribution in [2.24, 2.45) is 0 Å². The first kappa shape index (κ1) is 9.40. The van der Waals surface area contributed by atoms with E-state index in [1.165, 1.54) is 0 Å². The number of aliphatic hydroxyl groups is 4. The van der Waals surface area contributed by atoms with E-state index in [9.17, 15) is 4.79 Å². The van der Waals surface area contributed by atoms with Gasteiger partial charge in [0.2, 0.25) is 0 Å². The van der Waals surface area contributed by atoms with Gasteiger partial charge in [0.15, 0.2) is 12.2 Å². The summed E-state index contributed by atoms with van der Waals surface area (Å²) < 4.78 is 4.39. The number of cyclic esters (lactones) is 1. The van der Waals surface area contributed by atoms with Gasteiger partial charge in [-0.05, 0) is 0 Å². The van der Waals surface area contributed by atoms with E-state index >= 15 is 0 Å². The van der Waals surface area contributed by atoms with E-state index in [2.05, 4.69) is 4.74 Å². The summed E-state index contributed by atoms with van der Waals surface area (Å²) in [5.41, 5.74) is 0. The van der Waals surface area contributed by atoms with Gasteiger partial charge in [0, 0.05) is 0 Å². The monoisotopic (exact) mass is 178 g/mol. The summed E-state index contributed by atoms with van der Waals surface area (Å²) in [5.74, 6) is -0.986. The zero-order valence-corrected chi connectivity index (χ0v) is 6.12. The maximum atomic E-state index is 10.6. The Morgan fingerprint density at radius 2 is 2.08 bits per heavy atom. The Bertz CT molecular complexity index is 181. The first-order valence-electron chi connectivity index (χ1n) is 3.43. The van der Waals surface area contributed by atoms with E-state index < -0.39 is 37.0 Å². The second kappa shape index (κ2) is 3.36. The van der Waals surface area contributed by atoms with Crippen LogP contribution in [0.5, 0.6) is 0 Å². The Morgan fingerprint density at radius 1 is 1.50 bits per heavy atom. The third-order valence-corrected chi connectivity index (χ3v) is 1.72. The molecule has 1 heterocycles. The van der Waals surface area contributed by atoms with Crippen molar-refractivity contribution in [2.75, 3.05) is 6.61 Å². The lowest BCUT2D eigenvalue weighted by Crippen LogP contribution is -2.40. The number of carbonyl (C=O) groups is 1. The van der Waals surface area contributed by atoms with Crippen molar-refractivity contribution < 1.29 is 30.0 Å². The van der Waals surface area contributed by atoms with Crippen molar-refractivity contribution >= 4 is 5.97 Å². The standard InChI is InChI=1S/C6H10O6/c7-1-2(8)5-3(9)4(10)6(11)12-5/h2-5,7-10H,1H2/t2-,3-,4?,5+/m1/s1. The van der Waals surface area contributed by atoms with Crippen molar-refractivity contribution in [1.82, 2.24) is 0 Å². The Labute approximate surface area is 68.0 Å². The summed E-state index contributed by atoms with van der Waals surface area (Å²) in [6.07, 6.45) is -5.70. The minimum Gasteiger partial charge on any atom is -0.455 e. The van der Waals surface area contributed by atoms with Crippen LogP contribution in [0, 0.1) is 0 Å². The van der Waals surface area contributed by atoms with Crippen LogP contribution < -0.4 is 0 Å². The van der Waals surface area contributed by atoms with Gasteiger partial charge in [-0.15, -0.1) is 0 Å². The highest BCUT2D eigenvalue weighted by molar-refractivity contribution is 5.77. The molecule has 0 aromatic carbocycles. The quantitative estimate of drug-likeness (QED) is 0.335. The highest BCUT2D eigenvalue weighted by atomic mass is 16.6. The molecular weight excluding hydrogens is 168 g/mol. The summed E-state index contributed by atoms with van der Waals surface area (Å²) in [4.78, 5) is 10.6. The van der Waals surface area contributed by atoms with E-state index in [0.29, 0.717) is 0 Å². The average Bonchev–Trinajstić information content (AvgIpc) is 2.32. The Kier molecular flexibility index (Phi) is 2.63. The summed E-state index contributed by atoms with van der Waals surface area (Å²) in [6, 6.07) is 0. The summed E-state index contributed by atoms with van der Waals surface area (Å²) in [6.45, 7) is -0.637. The van der Waals surface area contributed by atoms with Gasteiger partial charge < -0.3 is 25.2 Å². The van der Waals surface area contributed by atoms with Crippen LogP contribution in [0.2, 0.25) is 0 Å². The molecule has 1 aliphatic heterocycles. The predicted molar refractivity (Wildman–Crippen MR) is 35.0 cm³/mol. The van der Waals surface area contributed by atoms with E-state index in [1.54, 1.807) is 0 Å². The smallest absolute Gasteiger partial charge is 0.338 e. The molecule has 12 heavy (non-hydrogen) atoms. The molecule has 4 atom stereocenters. The lowest BCUT2D eigenvalue weighted by molar-refractivity contribution is -0.151. The maximum absolute atomic E-state index is 10.6. The molecule has 0 aromatic rings. The first-order valence-corrected chi connectivity index (χ1v) is 3.43. The van der Waals surface area contributed by atoms with Crippen molar-refractivity contribution in [3.63, 3.8) is 0 Å². The molecule has 0 aliphatic carbocycles. The molecule has 4 N–H and O–H groups in total. The molecule has 1 fully saturated rings. The van der Waals surface area contributed by atoms with E-state index in [1.807, 2.05) is 0 Å². The van der Waals surface area contributed by atoms with Crippen LogP contribution in [0.3, 0.4) is 0 Å². The molecule has 70 valence electrons. The molecular formula is C6H10O6. The molecule has 1 aliphatic rings. The Morgan fingerprint density at radius 3 is 2.42 bits per heavy atom. The van der Waals surface area contributed by atoms with Crippen molar-refractivity contribution in [1.29, 1.82) is 0 Å². The average molecular weight is 178 g/mol. The number of carbonyl (C=O) groups excluding carboxylic acids is 1. The molecule has 6 nitrogen and oxygen atoms in total. The summed E-state index contributed by atoms with van der Waals surface area (Å²) in [7, 11) is 0. The van der Waals surface area contributed by atoms with Gasteiger partial charge >= 0.3 is 5.97 Å². The Balaban J connectivity index is 2.64. The number of hydrogen-bond donors (Lipinski definition) is 4. The third kappa shape index (κ3) is 1.42. The van der Waals surface area contributed by atoms with Crippen molar-refractivity contribution in [3.8, 4) is 0 Å². The van der Waals surface area contributed by atoms with Gasteiger partial charge in [-0.3, -0.25) is 0 Å². The molecule has 0 aromatic heterocycles. The zero-order valence-electron chi connectivity index (χ0n) is 6.12. The topological polar surface area (TPSA) is 107 Å². The molecule has 0 spiro atoms. The number of hydrogen-bond acceptors (Lipinski definition) is 6.